The fraction of sp³-hybridized carbons (Fsp3) is 0.304. The van der Waals surface area contributed by atoms with Crippen LogP contribution in [0.1, 0.15) is 22.7 Å². The summed E-state index contributed by atoms with van der Waals surface area (Å²) in [5.74, 6) is -0.670. The molecule has 2 aromatic rings. The standard InChI is InChI=1S/C23H25NO6/c1-14-5-7-15(8-6-14)21(25)19-20(24(11-12-28-2)23(27)22(19)26)17-13-16(29-3)9-10-18(17)30-4/h5-10,13,20,25H,11-12H2,1-4H3/b21-19-. The monoisotopic (exact) mass is 411 g/mol. The van der Waals surface area contributed by atoms with Crippen LogP contribution >= 0.6 is 0 Å². The molecule has 158 valence electrons. The van der Waals surface area contributed by atoms with Crippen LogP contribution in [0.4, 0.5) is 0 Å². The van der Waals surface area contributed by atoms with Gasteiger partial charge in [0.2, 0.25) is 0 Å². The first-order valence-corrected chi connectivity index (χ1v) is 9.49. The number of aryl methyl sites for hydroxylation is 1. The summed E-state index contributed by atoms with van der Waals surface area (Å²) >= 11 is 0. The Kier molecular flexibility index (Phi) is 6.42. The fourth-order valence-corrected chi connectivity index (χ4v) is 3.54. The SMILES string of the molecule is COCCN1C(=O)C(=O)/C(=C(\O)c2ccc(C)cc2)C1c1cc(OC)ccc1OC. The number of ketones is 1. The topological polar surface area (TPSA) is 85.3 Å². The summed E-state index contributed by atoms with van der Waals surface area (Å²) in [6.07, 6.45) is 0. The Balaban J connectivity index is 2.24. The maximum Gasteiger partial charge on any atom is 0.295 e. The fourth-order valence-electron chi connectivity index (χ4n) is 3.54. The van der Waals surface area contributed by atoms with Crippen LogP contribution in [0.2, 0.25) is 0 Å². The van der Waals surface area contributed by atoms with Crippen LogP contribution in [0.3, 0.4) is 0 Å². The zero-order valence-corrected chi connectivity index (χ0v) is 17.5. The van der Waals surface area contributed by atoms with Crippen molar-refractivity contribution in [3.8, 4) is 11.5 Å². The molecule has 0 spiro atoms. The molecule has 7 nitrogen and oxygen atoms in total. The summed E-state index contributed by atoms with van der Waals surface area (Å²) in [4.78, 5) is 27.2. The van der Waals surface area contributed by atoms with Crippen molar-refractivity contribution in [2.75, 3.05) is 34.5 Å². The molecule has 0 radical (unpaired) electrons. The molecule has 2 aromatic carbocycles. The molecular formula is C23H25NO6. The number of carbonyl (C=O) groups excluding carboxylic acids is 2. The van der Waals surface area contributed by atoms with E-state index < -0.39 is 17.7 Å². The van der Waals surface area contributed by atoms with Crippen molar-refractivity contribution in [2.45, 2.75) is 13.0 Å². The first kappa shape index (κ1) is 21.4. The molecular weight excluding hydrogens is 386 g/mol. The Bertz CT molecular complexity index is 980. The predicted octanol–water partition coefficient (Wildman–Crippen LogP) is 3.08. The number of ether oxygens (including phenoxy) is 3. The van der Waals surface area contributed by atoms with Crippen LogP contribution in [0, 0.1) is 6.92 Å². The van der Waals surface area contributed by atoms with E-state index in [9.17, 15) is 14.7 Å². The van der Waals surface area contributed by atoms with E-state index in [-0.39, 0.29) is 24.5 Å². The average molecular weight is 411 g/mol. The molecule has 1 amide bonds. The highest BCUT2D eigenvalue weighted by molar-refractivity contribution is 6.46. The van der Waals surface area contributed by atoms with Crippen LogP contribution in [-0.4, -0.2) is 56.2 Å². The van der Waals surface area contributed by atoms with Crippen molar-refractivity contribution in [3.63, 3.8) is 0 Å². The maximum absolute atomic E-state index is 13.0. The minimum absolute atomic E-state index is 0.00603. The lowest BCUT2D eigenvalue weighted by Gasteiger charge is -2.26. The Morgan fingerprint density at radius 3 is 2.33 bits per heavy atom. The minimum atomic E-state index is -0.841. The first-order valence-electron chi connectivity index (χ1n) is 9.49. The second-order valence-electron chi connectivity index (χ2n) is 6.96. The number of nitrogens with zero attached hydrogens (tertiary/aromatic N) is 1. The Morgan fingerprint density at radius 1 is 1.03 bits per heavy atom. The van der Waals surface area contributed by atoms with E-state index in [0.29, 0.717) is 22.6 Å². The van der Waals surface area contributed by atoms with Crippen molar-refractivity contribution >= 4 is 17.4 Å². The average Bonchev–Trinajstić information content (AvgIpc) is 3.01. The predicted molar refractivity (Wildman–Crippen MR) is 112 cm³/mol. The number of hydrogen-bond donors (Lipinski definition) is 1. The first-order chi connectivity index (χ1) is 14.4. The number of aliphatic hydroxyl groups is 1. The molecule has 0 bridgehead atoms. The lowest BCUT2D eigenvalue weighted by atomic mass is 9.94. The molecule has 1 saturated heterocycles. The van der Waals surface area contributed by atoms with Gasteiger partial charge in [0, 0.05) is 24.8 Å². The van der Waals surface area contributed by atoms with Crippen molar-refractivity contribution in [1.82, 2.24) is 4.90 Å². The smallest absolute Gasteiger partial charge is 0.295 e. The number of aliphatic hydroxyl groups excluding tert-OH is 1. The zero-order chi connectivity index (χ0) is 21.8. The van der Waals surface area contributed by atoms with Gasteiger partial charge in [0.1, 0.15) is 17.3 Å². The normalized spacial score (nSPS) is 18.0. The minimum Gasteiger partial charge on any atom is -0.507 e. The largest absolute Gasteiger partial charge is 0.507 e. The number of likely N-dealkylation sites (tertiary alicyclic amines) is 1. The molecule has 1 aliphatic heterocycles. The third kappa shape index (κ3) is 3.89. The molecule has 0 aliphatic carbocycles. The van der Waals surface area contributed by atoms with Gasteiger partial charge < -0.3 is 24.2 Å². The number of rotatable bonds is 7. The van der Waals surface area contributed by atoms with Crippen molar-refractivity contribution in [2.24, 2.45) is 0 Å². The second-order valence-corrected chi connectivity index (χ2v) is 6.96. The lowest BCUT2D eigenvalue weighted by Crippen LogP contribution is -2.32. The third-order valence-electron chi connectivity index (χ3n) is 5.13. The number of benzene rings is 2. The molecule has 30 heavy (non-hydrogen) atoms. The van der Waals surface area contributed by atoms with Crippen molar-refractivity contribution < 1.29 is 28.9 Å². The van der Waals surface area contributed by atoms with Gasteiger partial charge in [-0.2, -0.15) is 0 Å². The van der Waals surface area contributed by atoms with Gasteiger partial charge in [0.15, 0.2) is 0 Å². The van der Waals surface area contributed by atoms with Gasteiger partial charge in [-0.05, 0) is 25.1 Å². The van der Waals surface area contributed by atoms with Crippen molar-refractivity contribution in [1.29, 1.82) is 0 Å². The van der Waals surface area contributed by atoms with Crippen LogP contribution in [-0.2, 0) is 14.3 Å². The van der Waals surface area contributed by atoms with Crippen LogP contribution in [0.5, 0.6) is 11.5 Å². The zero-order valence-electron chi connectivity index (χ0n) is 17.5. The van der Waals surface area contributed by atoms with E-state index in [2.05, 4.69) is 0 Å². The van der Waals surface area contributed by atoms with E-state index in [1.807, 2.05) is 19.1 Å². The molecule has 1 atom stereocenters. The summed E-state index contributed by atoms with van der Waals surface area (Å²) in [5.41, 5.74) is 2.02. The second kappa shape index (κ2) is 9.00. The number of methoxy groups -OCH3 is 3. The highest BCUT2D eigenvalue weighted by atomic mass is 16.5. The number of hydrogen-bond acceptors (Lipinski definition) is 6. The molecule has 7 heteroatoms. The molecule has 3 rings (SSSR count). The molecule has 1 unspecified atom stereocenters. The maximum atomic E-state index is 13.0. The number of carbonyl (C=O) groups is 2. The highest BCUT2D eigenvalue weighted by Crippen LogP contribution is 2.43. The van der Waals surface area contributed by atoms with Gasteiger partial charge in [-0.15, -0.1) is 0 Å². The van der Waals surface area contributed by atoms with Gasteiger partial charge in [-0.1, -0.05) is 29.8 Å². The Hall–Kier alpha value is -3.32. The molecule has 0 saturated carbocycles. The summed E-state index contributed by atoms with van der Waals surface area (Å²) in [6, 6.07) is 11.4. The molecule has 1 N–H and O–H groups in total. The quantitative estimate of drug-likeness (QED) is 0.428. The summed E-state index contributed by atoms with van der Waals surface area (Å²) in [6.45, 7) is 2.34. The summed E-state index contributed by atoms with van der Waals surface area (Å²) < 4.78 is 15.9. The molecule has 1 aliphatic rings. The Morgan fingerprint density at radius 2 is 1.73 bits per heavy atom. The van der Waals surface area contributed by atoms with Gasteiger partial charge >= 0.3 is 0 Å². The highest BCUT2D eigenvalue weighted by Gasteiger charge is 2.47. The molecule has 0 aromatic heterocycles. The van der Waals surface area contributed by atoms with E-state index in [1.54, 1.807) is 30.3 Å². The van der Waals surface area contributed by atoms with E-state index in [1.165, 1.54) is 26.2 Å². The van der Waals surface area contributed by atoms with Gasteiger partial charge in [-0.3, -0.25) is 9.59 Å². The Labute approximate surface area is 175 Å². The van der Waals surface area contributed by atoms with Crippen LogP contribution in [0.25, 0.3) is 5.76 Å². The summed E-state index contributed by atoms with van der Waals surface area (Å²) in [5, 5.41) is 11.0. The molecule has 1 heterocycles. The van der Waals surface area contributed by atoms with Gasteiger partial charge in [-0.25, -0.2) is 0 Å². The molecule has 1 fully saturated rings. The summed E-state index contributed by atoms with van der Waals surface area (Å²) in [7, 11) is 4.55. The third-order valence-corrected chi connectivity index (χ3v) is 5.13. The van der Waals surface area contributed by atoms with Crippen LogP contribution in [0.15, 0.2) is 48.0 Å². The van der Waals surface area contributed by atoms with Gasteiger partial charge in [0.05, 0.1) is 32.4 Å². The lowest BCUT2D eigenvalue weighted by molar-refractivity contribution is -0.140. The number of Topliss-reactive ketones (excluding diaryl/α,β-unsaturated/α-hetero) is 1. The van der Waals surface area contributed by atoms with E-state index in [0.717, 1.165) is 5.56 Å². The van der Waals surface area contributed by atoms with Gasteiger partial charge in [0.25, 0.3) is 11.7 Å². The van der Waals surface area contributed by atoms with E-state index >= 15 is 0 Å². The number of amides is 1. The van der Waals surface area contributed by atoms with Crippen LogP contribution < -0.4 is 9.47 Å². The van der Waals surface area contributed by atoms with Crippen molar-refractivity contribution in [3.05, 3.63) is 64.7 Å². The van der Waals surface area contributed by atoms with E-state index in [4.69, 9.17) is 14.2 Å².